The second kappa shape index (κ2) is 5.92. The fraction of sp³-hybridized carbons (Fsp3) is 0.625. The molecule has 0 atom stereocenters. The third kappa shape index (κ3) is 3.37. The van der Waals surface area contributed by atoms with Gasteiger partial charge < -0.3 is 10.0 Å². The molecule has 0 spiro atoms. The molecule has 1 N–H and O–H groups in total. The molecule has 0 bridgehead atoms. The first-order valence-electron chi connectivity index (χ1n) is 7.35. The van der Waals surface area contributed by atoms with Crippen LogP contribution in [0.5, 0.6) is 0 Å². The Balaban J connectivity index is 2.02. The van der Waals surface area contributed by atoms with Crippen molar-refractivity contribution in [3.8, 4) is 0 Å². The predicted octanol–water partition coefficient (Wildman–Crippen LogP) is 2.58. The summed E-state index contributed by atoms with van der Waals surface area (Å²) in [4.78, 5) is 18.3. The van der Waals surface area contributed by atoms with Crippen LogP contribution in [0.25, 0.3) is 0 Å². The third-order valence-corrected chi connectivity index (χ3v) is 4.04. The molecular formula is C16H24N2O2. The molecule has 1 aromatic rings. The molecule has 1 fully saturated rings. The van der Waals surface area contributed by atoms with Crippen molar-refractivity contribution in [3.63, 3.8) is 0 Å². The number of carbonyl (C=O) groups is 1. The quantitative estimate of drug-likeness (QED) is 0.919. The summed E-state index contributed by atoms with van der Waals surface area (Å²) in [6, 6.07) is 3.72. The van der Waals surface area contributed by atoms with E-state index in [4.69, 9.17) is 0 Å². The highest BCUT2D eigenvalue weighted by Gasteiger charge is 2.33. The van der Waals surface area contributed by atoms with Gasteiger partial charge in [-0.05, 0) is 30.9 Å². The zero-order valence-electron chi connectivity index (χ0n) is 12.6. The Morgan fingerprint density at radius 3 is 2.55 bits per heavy atom. The maximum absolute atomic E-state index is 12.3. The number of aliphatic hydroxyl groups is 1. The van der Waals surface area contributed by atoms with Crippen LogP contribution in [-0.2, 0) is 0 Å². The van der Waals surface area contributed by atoms with Crippen LogP contribution in [0.15, 0.2) is 18.3 Å². The summed E-state index contributed by atoms with van der Waals surface area (Å²) >= 11 is 0. The van der Waals surface area contributed by atoms with Gasteiger partial charge in [0.05, 0.1) is 11.2 Å². The van der Waals surface area contributed by atoms with Crippen LogP contribution in [0.3, 0.4) is 0 Å². The van der Waals surface area contributed by atoms with Crippen molar-refractivity contribution in [2.24, 2.45) is 0 Å². The standard InChI is InChI=1S/C16H24N2O2/c1-12(2)14-7-6-13(10-17-14)15(19)18(3)11-16(20)8-4-5-9-16/h6-7,10,12,20H,4-5,8-9,11H2,1-3H3. The molecule has 0 unspecified atom stereocenters. The Morgan fingerprint density at radius 2 is 2.05 bits per heavy atom. The highest BCUT2D eigenvalue weighted by Crippen LogP contribution is 2.30. The number of hydrogen-bond donors (Lipinski definition) is 1. The summed E-state index contributed by atoms with van der Waals surface area (Å²) in [5.41, 5.74) is 0.868. The van der Waals surface area contributed by atoms with Gasteiger partial charge in [-0.3, -0.25) is 9.78 Å². The van der Waals surface area contributed by atoms with Gasteiger partial charge in [-0.1, -0.05) is 26.7 Å². The van der Waals surface area contributed by atoms with Crippen molar-refractivity contribution >= 4 is 5.91 Å². The predicted molar refractivity (Wildman–Crippen MR) is 78.7 cm³/mol. The number of nitrogens with zero attached hydrogens (tertiary/aromatic N) is 2. The van der Waals surface area contributed by atoms with Crippen LogP contribution in [0, 0.1) is 0 Å². The zero-order valence-corrected chi connectivity index (χ0v) is 12.6. The first kappa shape index (κ1) is 15.0. The van der Waals surface area contributed by atoms with Gasteiger partial charge in [0.2, 0.25) is 0 Å². The SMILES string of the molecule is CC(C)c1ccc(C(=O)N(C)CC2(O)CCCC2)cn1. The largest absolute Gasteiger partial charge is 0.388 e. The van der Waals surface area contributed by atoms with Gasteiger partial charge in [-0.2, -0.15) is 0 Å². The van der Waals surface area contributed by atoms with Crippen molar-refractivity contribution in [2.75, 3.05) is 13.6 Å². The van der Waals surface area contributed by atoms with E-state index in [1.54, 1.807) is 18.1 Å². The van der Waals surface area contributed by atoms with Crippen LogP contribution in [0.4, 0.5) is 0 Å². The van der Waals surface area contributed by atoms with Gasteiger partial charge in [0.1, 0.15) is 0 Å². The second-order valence-electron chi connectivity index (χ2n) is 6.22. The Kier molecular flexibility index (Phi) is 4.43. The molecule has 110 valence electrons. The number of likely N-dealkylation sites (N-methyl/N-ethyl adjacent to an activating group) is 1. The van der Waals surface area contributed by atoms with E-state index in [1.807, 2.05) is 12.1 Å². The molecule has 4 nitrogen and oxygen atoms in total. The topological polar surface area (TPSA) is 53.4 Å². The second-order valence-corrected chi connectivity index (χ2v) is 6.22. The van der Waals surface area contributed by atoms with Crippen LogP contribution in [0.2, 0.25) is 0 Å². The highest BCUT2D eigenvalue weighted by atomic mass is 16.3. The molecule has 1 aliphatic carbocycles. The summed E-state index contributed by atoms with van der Waals surface area (Å²) in [6.45, 7) is 4.55. The van der Waals surface area contributed by atoms with E-state index in [2.05, 4.69) is 18.8 Å². The Labute approximate surface area is 120 Å². The van der Waals surface area contributed by atoms with Gasteiger partial charge in [-0.15, -0.1) is 0 Å². The molecule has 4 heteroatoms. The molecule has 1 saturated carbocycles. The smallest absolute Gasteiger partial charge is 0.255 e. The Bertz CT molecular complexity index is 462. The van der Waals surface area contributed by atoms with Gasteiger partial charge >= 0.3 is 0 Å². The lowest BCUT2D eigenvalue weighted by Crippen LogP contribution is -2.42. The first-order chi connectivity index (χ1) is 9.41. The van der Waals surface area contributed by atoms with E-state index in [0.717, 1.165) is 31.4 Å². The molecule has 20 heavy (non-hydrogen) atoms. The van der Waals surface area contributed by atoms with E-state index < -0.39 is 5.60 Å². The van der Waals surface area contributed by atoms with Crippen molar-refractivity contribution < 1.29 is 9.90 Å². The maximum atomic E-state index is 12.3. The third-order valence-electron chi connectivity index (χ3n) is 4.04. The average Bonchev–Trinajstić information content (AvgIpc) is 2.84. The van der Waals surface area contributed by atoms with E-state index in [1.165, 1.54) is 0 Å². The summed E-state index contributed by atoms with van der Waals surface area (Å²) in [6.07, 6.45) is 5.30. The average molecular weight is 276 g/mol. The molecule has 0 saturated heterocycles. The molecule has 1 amide bonds. The molecule has 2 rings (SSSR count). The number of amides is 1. The van der Waals surface area contributed by atoms with E-state index >= 15 is 0 Å². The molecule has 0 radical (unpaired) electrons. The first-order valence-corrected chi connectivity index (χ1v) is 7.35. The number of pyridine rings is 1. The van der Waals surface area contributed by atoms with Crippen LogP contribution < -0.4 is 0 Å². The lowest BCUT2D eigenvalue weighted by Gasteiger charge is -2.28. The summed E-state index contributed by atoms with van der Waals surface area (Å²) < 4.78 is 0. The van der Waals surface area contributed by atoms with Crippen molar-refractivity contribution in [2.45, 2.75) is 51.0 Å². The minimum atomic E-state index is -0.699. The van der Waals surface area contributed by atoms with Crippen LogP contribution >= 0.6 is 0 Å². The lowest BCUT2D eigenvalue weighted by molar-refractivity contribution is 0.0156. The summed E-state index contributed by atoms with van der Waals surface area (Å²) in [7, 11) is 1.75. The monoisotopic (exact) mass is 276 g/mol. The van der Waals surface area contributed by atoms with Gasteiger partial charge in [0, 0.05) is 25.5 Å². The Morgan fingerprint density at radius 1 is 1.40 bits per heavy atom. The van der Waals surface area contributed by atoms with E-state index in [9.17, 15) is 9.90 Å². The molecule has 1 heterocycles. The maximum Gasteiger partial charge on any atom is 0.255 e. The van der Waals surface area contributed by atoms with E-state index in [-0.39, 0.29) is 5.91 Å². The minimum Gasteiger partial charge on any atom is -0.388 e. The van der Waals surface area contributed by atoms with Crippen molar-refractivity contribution in [3.05, 3.63) is 29.6 Å². The van der Waals surface area contributed by atoms with Crippen LogP contribution in [-0.4, -0.2) is 40.1 Å². The van der Waals surface area contributed by atoms with E-state index in [0.29, 0.717) is 18.0 Å². The molecule has 0 aliphatic heterocycles. The fourth-order valence-corrected chi connectivity index (χ4v) is 2.80. The van der Waals surface area contributed by atoms with Gasteiger partial charge in [0.15, 0.2) is 0 Å². The lowest BCUT2D eigenvalue weighted by atomic mass is 10.0. The molecule has 1 aromatic heterocycles. The number of carbonyl (C=O) groups excluding carboxylic acids is 1. The summed E-state index contributed by atoms with van der Waals surface area (Å²) in [5, 5.41) is 10.4. The normalized spacial score (nSPS) is 17.4. The fourth-order valence-electron chi connectivity index (χ4n) is 2.80. The zero-order chi connectivity index (χ0) is 14.8. The Hall–Kier alpha value is -1.42. The van der Waals surface area contributed by atoms with Crippen molar-refractivity contribution in [1.82, 2.24) is 9.88 Å². The number of hydrogen-bond acceptors (Lipinski definition) is 3. The van der Waals surface area contributed by atoms with Gasteiger partial charge in [0.25, 0.3) is 5.91 Å². The molecule has 1 aliphatic rings. The van der Waals surface area contributed by atoms with Crippen molar-refractivity contribution in [1.29, 1.82) is 0 Å². The van der Waals surface area contributed by atoms with Crippen LogP contribution in [0.1, 0.15) is 61.5 Å². The molecule has 0 aromatic carbocycles. The molecular weight excluding hydrogens is 252 g/mol. The van der Waals surface area contributed by atoms with Gasteiger partial charge in [-0.25, -0.2) is 0 Å². The minimum absolute atomic E-state index is 0.0758. The summed E-state index contributed by atoms with van der Waals surface area (Å²) in [5.74, 6) is 0.282. The number of aromatic nitrogens is 1. The highest BCUT2D eigenvalue weighted by molar-refractivity contribution is 5.93. The number of rotatable bonds is 4.